The van der Waals surface area contributed by atoms with E-state index in [0.717, 1.165) is 37.2 Å². The Hall–Kier alpha value is 0.180. The fraction of sp³-hybridized carbons (Fsp3) is 1.00. The van der Waals surface area contributed by atoms with Crippen molar-refractivity contribution < 1.29 is 13.5 Å². The smallest absolute Gasteiger partial charge is 0.280 e. The minimum Gasteiger partial charge on any atom is -0.395 e. The number of thioether (sulfide) groups is 1. The van der Waals surface area contributed by atoms with Crippen LogP contribution in [0.4, 0.5) is 0 Å². The summed E-state index contributed by atoms with van der Waals surface area (Å²) in [6.45, 7) is 0.445. The number of hydrogen-bond donors (Lipinski definition) is 2. The van der Waals surface area contributed by atoms with Gasteiger partial charge in [0.2, 0.25) is 0 Å². The van der Waals surface area contributed by atoms with E-state index in [0.29, 0.717) is 6.54 Å². The lowest BCUT2D eigenvalue weighted by atomic mass is 10.1. The molecule has 0 bridgehead atoms. The molecule has 5 nitrogen and oxygen atoms in total. The average Bonchev–Trinajstić information content (AvgIpc) is 2.81. The van der Waals surface area contributed by atoms with E-state index in [1.165, 1.54) is 4.31 Å². The van der Waals surface area contributed by atoms with Crippen LogP contribution in [0.1, 0.15) is 25.7 Å². The zero-order chi connectivity index (χ0) is 12.3. The molecule has 0 aliphatic carbocycles. The van der Waals surface area contributed by atoms with Crippen LogP contribution in [0, 0.1) is 0 Å². The van der Waals surface area contributed by atoms with Gasteiger partial charge in [0.25, 0.3) is 10.2 Å². The van der Waals surface area contributed by atoms with E-state index in [2.05, 4.69) is 4.72 Å². The molecule has 2 heterocycles. The third-order valence-corrected chi connectivity index (χ3v) is 6.23. The van der Waals surface area contributed by atoms with E-state index in [1.54, 1.807) is 11.8 Å². The lowest BCUT2D eigenvalue weighted by Crippen LogP contribution is -2.52. The summed E-state index contributed by atoms with van der Waals surface area (Å²) in [7, 11) is -3.42. The SMILES string of the molecule is O=S(=O)(NC1CCSC1)N1CCCCC1CO. The van der Waals surface area contributed by atoms with E-state index in [4.69, 9.17) is 0 Å². The number of piperidine rings is 1. The Kier molecular flexibility index (Phi) is 4.71. The molecule has 0 saturated carbocycles. The Morgan fingerprint density at radius 3 is 2.82 bits per heavy atom. The Balaban J connectivity index is 2.01. The van der Waals surface area contributed by atoms with Crippen LogP contribution in [0.25, 0.3) is 0 Å². The number of nitrogens with zero attached hydrogens (tertiary/aromatic N) is 1. The van der Waals surface area contributed by atoms with Crippen molar-refractivity contribution in [2.45, 2.75) is 37.8 Å². The number of hydrogen-bond acceptors (Lipinski definition) is 4. The molecular weight excluding hydrogens is 260 g/mol. The second kappa shape index (κ2) is 5.88. The minimum atomic E-state index is -3.42. The first kappa shape index (κ1) is 13.6. The van der Waals surface area contributed by atoms with Crippen LogP contribution < -0.4 is 4.72 Å². The van der Waals surface area contributed by atoms with Gasteiger partial charge < -0.3 is 5.11 Å². The first-order valence-electron chi connectivity index (χ1n) is 6.11. The third kappa shape index (κ3) is 3.35. The molecule has 2 fully saturated rings. The first-order chi connectivity index (χ1) is 8.13. The van der Waals surface area contributed by atoms with Crippen LogP contribution in [0.15, 0.2) is 0 Å². The van der Waals surface area contributed by atoms with Gasteiger partial charge in [-0.2, -0.15) is 29.2 Å². The minimum absolute atomic E-state index is 0.0614. The topological polar surface area (TPSA) is 69.6 Å². The molecule has 2 aliphatic heterocycles. The number of aliphatic hydroxyl groups excluding tert-OH is 1. The van der Waals surface area contributed by atoms with Crippen LogP contribution in [0.5, 0.6) is 0 Å². The second-order valence-corrected chi connectivity index (χ2v) is 7.43. The molecule has 0 aromatic rings. The van der Waals surface area contributed by atoms with Crippen molar-refractivity contribution >= 4 is 22.0 Å². The van der Waals surface area contributed by atoms with Crippen LogP contribution in [0.3, 0.4) is 0 Å². The van der Waals surface area contributed by atoms with Gasteiger partial charge in [-0.1, -0.05) is 6.42 Å². The molecule has 2 rings (SSSR count). The molecule has 2 atom stereocenters. The van der Waals surface area contributed by atoms with E-state index in [9.17, 15) is 13.5 Å². The highest BCUT2D eigenvalue weighted by atomic mass is 32.2. The summed E-state index contributed by atoms with van der Waals surface area (Å²) in [6.07, 6.45) is 3.55. The number of nitrogens with one attached hydrogen (secondary N) is 1. The zero-order valence-corrected chi connectivity index (χ0v) is 11.5. The van der Waals surface area contributed by atoms with Crippen LogP contribution in [0.2, 0.25) is 0 Å². The second-order valence-electron chi connectivity index (χ2n) is 4.63. The van der Waals surface area contributed by atoms with Gasteiger partial charge in [-0.05, 0) is 25.0 Å². The fourth-order valence-electron chi connectivity index (χ4n) is 2.38. The van der Waals surface area contributed by atoms with E-state index in [-0.39, 0.29) is 18.7 Å². The molecule has 0 amide bonds. The van der Waals surface area contributed by atoms with Crippen molar-refractivity contribution in [3.05, 3.63) is 0 Å². The Labute approximate surface area is 107 Å². The number of aliphatic hydroxyl groups is 1. The van der Waals surface area contributed by atoms with Gasteiger partial charge in [-0.25, -0.2) is 0 Å². The lowest BCUT2D eigenvalue weighted by molar-refractivity contribution is 0.153. The van der Waals surface area contributed by atoms with Crippen molar-refractivity contribution in [3.63, 3.8) is 0 Å². The quantitative estimate of drug-likeness (QED) is 0.770. The summed E-state index contributed by atoms with van der Waals surface area (Å²) in [5.41, 5.74) is 0. The van der Waals surface area contributed by atoms with Crippen molar-refractivity contribution in [2.24, 2.45) is 0 Å². The number of rotatable bonds is 4. The molecule has 0 aromatic carbocycles. The highest BCUT2D eigenvalue weighted by Crippen LogP contribution is 2.22. The summed E-state index contributed by atoms with van der Waals surface area (Å²) >= 11 is 1.78. The third-order valence-electron chi connectivity index (χ3n) is 3.34. The summed E-state index contributed by atoms with van der Waals surface area (Å²) in [5.74, 6) is 1.88. The lowest BCUT2D eigenvalue weighted by Gasteiger charge is -2.34. The maximum Gasteiger partial charge on any atom is 0.280 e. The molecule has 2 aliphatic rings. The summed E-state index contributed by atoms with van der Waals surface area (Å²) in [4.78, 5) is 0. The fourth-order valence-corrected chi connectivity index (χ4v) is 5.33. The Morgan fingerprint density at radius 1 is 1.35 bits per heavy atom. The average molecular weight is 280 g/mol. The first-order valence-corrected chi connectivity index (χ1v) is 8.70. The summed E-state index contributed by atoms with van der Waals surface area (Å²) < 4.78 is 28.6. The molecule has 7 heteroatoms. The van der Waals surface area contributed by atoms with Crippen LogP contribution in [-0.4, -0.2) is 54.6 Å². The largest absolute Gasteiger partial charge is 0.395 e. The van der Waals surface area contributed by atoms with Crippen molar-refractivity contribution in [2.75, 3.05) is 24.7 Å². The molecule has 2 unspecified atom stereocenters. The Bertz CT molecular complexity index is 341. The van der Waals surface area contributed by atoms with E-state index >= 15 is 0 Å². The van der Waals surface area contributed by atoms with Gasteiger partial charge in [-0.3, -0.25) is 0 Å². The van der Waals surface area contributed by atoms with Gasteiger partial charge in [0.05, 0.1) is 6.61 Å². The van der Waals surface area contributed by atoms with Crippen molar-refractivity contribution in [1.29, 1.82) is 0 Å². The predicted molar refractivity (Wildman–Crippen MR) is 69.2 cm³/mol. The van der Waals surface area contributed by atoms with E-state index in [1.807, 2.05) is 0 Å². The molecular formula is C10H20N2O3S2. The zero-order valence-electron chi connectivity index (χ0n) is 9.84. The van der Waals surface area contributed by atoms with Crippen LogP contribution >= 0.6 is 11.8 Å². The molecule has 2 N–H and O–H groups in total. The molecule has 0 aromatic heterocycles. The maximum atomic E-state index is 12.2. The van der Waals surface area contributed by atoms with Gasteiger partial charge in [0.15, 0.2) is 0 Å². The highest BCUT2D eigenvalue weighted by molar-refractivity contribution is 7.99. The van der Waals surface area contributed by atoms with Gasteiger partial charge in [0.1, 0.15) is 0 Å². The maximum absolute atomic E-state index is 12.2. The Morgan fingerprint density at radius 2 is 2.18 bits per heavy atom. The summed E-state index contributed by atoms with van der Waals surface area (Å²) in [6, 6.07) is -0.179. The molecule has 0 radical (unpaired) electrons. The monoisotopic (exact) mass is 280 g/mol. The van der Waals surface area contributed by atoms with Gasteiger partial charge in [0, 0.05) is 24.4 Å². The molecule has 100 valence electrons. The molecule has 17 heavy (non-hydrogen) atoms. The highest BCUT2D eigenvalue weighted by Gasteiger charge is 2.33. The predicted octanol–water partition coefficient (Wildman–Crippen LogP) is 0.173. The normalized spacial score (nSPS) is 31.8. The van der Waals surface area contributed by atoms with Crippen molar-refractivity contribution in [3.8, 4) is 0 Å². The van der Waals surface area contributed by atoms with Gasteiger partial charge in [-0.15, -0.1) is 0 Å². The molecule has 2 saturated heterocycles. The van der Waals surface area contributed by atoms with E-state index < -0.39 is 10.2 Å². The van der Waals surface area contributed by atoms with Crippen LogP contribution in [-0.2, 0) is 10.2 Å². The summed E-state index contributed by atoms with van der Waals surface area (Å²) in [5, 5.41) is 9.25. The van der Waals surface area contributed by atoms with Crippen molar-refractivity contribution in [1.82, 2.24) is 9.03 Å². The standard InChI is InChI=1S/C10H20N2O3S2/c13-7-10-3-1-2-5-12(10)17(14,15)11-9-4-6-16-8-9/h9-11,13H,1-8H2. The molecule has 0 spiro atoms. The van der Waals surface area contributed by atoms with Gasteiger partial charge >= 0.3 is 0 Å².